The van der Waals surface area contributed by atoms with Crippen molar-refractivity contribution < 1.29 is 53.0 Å². The molecule has 2 aromatic carbocycles. The highest BCUT2D eigenvalue weighted by atomic mass is 32.2. The number of carbonyl (C=O) groups excluding carboxylic acids is 1. The number of hydrogen-bond acceptors (Lipinski definition) is 12. The molecule has 2 aliphatic heterocycles. The Morgan fingerprint density at radius 3 is 2.23 bits per heavy atom. The van der Waals surface area contributed by atoms with E-state index in [0.29, 0.717) is 6.54 Å². The summed E-state index contributed by atoms with van der Waals surface area (Å²) >= 11 is 0. The molecule has 2 heterocycles. The van der Waals surface area contributed by atoms with Gasteiger partial charge in [-0.1, -0.05) is 51.1 Å². The minimum absolute atomic E-state index is 0.0671. The second kappa shape index (κ2) is 16.9. The van der Waals surface area contributed by atoms with E-state index in [0.717, 1.165) is 15.1 Å². The molecular formula is C39H62N2O11S. The summed E-state index contributed by atoms with van der Waals surface area (Å²) in [5, 5.41) is 60.0. The minimum Gasteiger partial charge on any atom is -0.459 e. The molecule has 14 heteroatoms. The Hall–Kier alpha value is -2.24. The lowest BCUT2D eigenvalue weighted by atomic mass is 9.78. The van der Waals surface area contributed by atoms with E-state index < -0.39 is 94.0 Å². The van der Waals surface area contributed by atoms with Crippen LogP contribution in [0, 0.1) is 17.8 Å². The van der Waals surface area contributed by atoms with Gasteiger partial charge in [0, 0.05) is 25.6 Å². The number of cyclic esters (lactones) is 1. The number of nitrogens with zero attached hydrogens (tertiary/aromatic N) is 2. The number of aliphatic hydroxyl groups excluding tert-OH is 3. The van der Waals surface area contributed by atoms with Gasteiger partial charge in [-0.15, -0.1) is 0 Å². The number of ether oxygens (including phenoxy) is 3. The van der Waals surface area contributed by atoms with Gasteiger partial charge in [-0.25, -0.2) is 8.42 Å². The number of fused-ring (bicyclic) bond motifs is 1. The molecule has 0 radical (unpaired) electrons. The zero-order valence-corrected chi connectivity index (χ0v) is 33.6. The molecular weight excluding hydrogens is 704 g/mol. The molecule has 0 aromatic heterocycles. The van der Waals surface area contributed by atoms with Gasteiger partial charge in [0.1, 0.15) is 23.9 Å². The third kappa shape index (κ3) is 9.25. The SMILES string of the molecule is CC[C@H]1OC(=O)[C@H](C)[C@@H](O)[C@H](C)[C@@H](O[C@@H]2O[C@H](C)C[C@H](N(C)S(=O)(=O)c3ccc4ccccc4c3)[C@H]2O)[C@](C)(O)C[C@@H](C)CN(C)[C@H](C)[C@@H](O)[C@]1(C)O. The smallest absolute Gasteiger partial charge is 0.311 e. The summed E-state index contributed by atoms with van der Waals surface area (Å²) in [6.07, 6.45) is -8.05. The molecule has 13 nitrogen and oxygen atoms in total. The average Bonchev–Trinajstić information content (AvgIpc) is 3.10. The minimum atomic E-state index is -4.09. The first kappa shape index (κ1) is 43.5. The van der Waals surface area contributed by atoms with E-state index in [1.807, 2.05) is 36.1 Å². The van der Waals surface area contributed by atoms with E-state index in [2.05, 4.69) is 0 Å². The molecule has 0 saturated carbocycles. The molecule has 5 N–H and O–H groups in total. The molecule has 0 amide bonds. The number of esters is 1. The fraction of sp³-hybridized carbons (Fsp3) is 0.718. The van der Waals surface area contributed by atoms with Gasteiger partial charge in [-0.05, 0) is 89.8 Å². The predicted octanol–water partition coefficient (Wildman–Crippen LogP) is 2.89. The predicted molar refractivity (Wildman–Crippen MR) is 200 cm³/mol. The fourth-order valence-electron chi connectivity index (χ4n) is 8.26. The van der Waals surface area contributed by atoms with E-state index in [9.17, 15) is 38.7 Å². The molecule has 2 aliphatic rings. The number of benzene rings is 2. The first-order chi connectivity index (χ1) is 24.5. The number of carbonyl (C=O) groups is 1. The lowest BCUT2D eigenvalue weighted by Crippen LogP contribution is -2.60. The largest absolute Gasteiger partial charge is 0.459 e. The molecule has 300 valence electrons. The van der Waals surface area contributed by atoms with Crippen LogP contribution in [0.15, 0.2) is 47.4 Å². The second-order valence-electron chi connectivity index (χ2n) is 16.2. The number of rotatable bonds is 6. The van der Waals surface area contributed by atoms with Crippen LogP contribution in [0.25, 0.3) is 10.8 Å². The summed E-state index contributed by atoms with van der Waals surface area (Å²) in [7, 11) is -0.892. The molecule has 2 fully saturated rings. The van der Waals surface area contributed by atoms with Crippen LogP contribution in [0.3, 0.4) is 0 Å². The van der Waals surface area contributed by atoms with Crippen molar-refractivity contribution in [3.05, 3.63) is 42.5 Å². The Kier molecular flexibility index (Phi) is 13.8. The Bertz CT molecular complexity index is 1650. The van der Waals surface area contributed by atoms with Crippen molar-refractivity contribution in [3.8, 4) is 0 Å². The topological polar surface area (TPSA) is 187 Å². The molecule has 4 rings (SSSR count). The lowest BCUT2D eigenvalue weighted by Gasteiger charge is -2.46. The molecule has 0 unspecified atom stereocenters. The monoisotopic (exact) mass is 766 g/mol. The van der Waals surface area contributed by atoms with Crippen molar-refractivity contribution >= 4 is 26.8 Å². The third-order valence-corrected chi connectivity index (χ3v) is 13.5. The van der Waals surface area contributed by atoms with Crippen LogP contribution < -0.4 is 0 Å². The summed E-state index contributed by atoms with van der Waals surface area (Å²) in [6, 6.07) is 10.7. The van der Waals surface area contributed by atoms with Gasteiger partial charge in [-0.3, -0.25) is 4.79 Å². The van der Waals surface area contributed by atoms with E-state index in [1.54, 1.807) is 53.8 Å². The van der Waals surface area contributed by atoms with Crippen LogP contribution >= 0.6 is 0 Å². The van der Waals surface area contributed by atoms with Crippen LogP contribution in [0.5, 0.6) is 0 Å². The molecule has 2 aromatic rings. The summed E-state index contributed by atoms with van der Waals surface area (Å²) in [6.45, 7) is 13.6. The Morgan fingerprint density at radius 2 is 1.60 bits per heavy atom. The number of hydrogen-bond donors (Lipinski definition) is 5. The molecule has 0 bridgehead atoms. The third-order valence-electron chi connectivity index (χ3n) is 11.7. The quantitative estimate of drug-likeness (QED) is 0.271. The van der Waals surface area contributed by atoms with Gasteiger partial charge in [0.05, 0.1) is 40.8 Å². The fourth-order valence-corrected chi connectivity index (χ4v) is 9.67. The van der Waals surface area contributed by atoms with E-state index in [1.165, 1.54) is 27.0 Å². The number of likely N-dealkylation sites (N-methyl/N-ethyl adjacent to an activating group) is 2. The normalized spacial score (nSPS) is 40.4. The maximum absolute atomic E-state index is 14.0. The highest BCUT2D eigenvalue weighted by molar-refractivity contribution is 7.89. The van der Waals surface area contributed by atoms with Crippen LogP contribution in [-0.2, 0) is 29.0 Å². The van der Waals surface area contributed by atoms with Crippen molar-refractivity contribution in [2.45, 2.75) is 146 Å². The summed E-state index contributed by atoms with van der Waals surface area (Å²) in [5.41, 5.74) is -3.49. The maximum atomic E-state index is 14.0. The van der Waals surface area contributed by atoms with Crippen molar-refractivity contribution in [2.75, 3.05) is 20.6 Å². The van der Waals surface area contributed by atoms with Gasteiger partial charge in [0.2, 0.25) is 10.0 Å². The van der Waals surface area contributed by atoms with Crippen molar-refractivity contribution in [2.24, 2.45) is 17.8 Å². The first-order valence-corrected chi connectivity index (χ1v) is 20.2. The molecule has 53 heavy (non-hydrogen) atoms. The molecule has 0 aliphatic carbocycles. The van der Waals surface area contributed by atoms with E-state index >= 15 is 0 Å². The zero-order chi connectivity index (χ0) is 39.8. The Balaban J connectivity index is 1.67. The maximum Gasteiger partial charge on any atom is 0.311 e. The van der Waals surface area contributed by atoms with Gasteiger partial charge < -0.3 is 44.6 Å². The number of sulfonamides is 1. The first-order valence-electron chi connectivity index (χ1n) is 18.7. The van der Waals surface area contributed by atoms with Crippen LogP contribution in [-0.4, -0.2) is 136 Å². The van der Waals surface area contributed by atoms with Crippen molar-refractivity contribution in [1.82, 2.24) is 9.21 Å². The standard InChI is InChI=1S/C39H62N2O11S/c1-11-31-39(8,47)34(44)26(6)40(9)21-22(2)20-38(7,46)35(24(4)32(42)25(5)36(45)51-31)52-37-33(43)30(18-23(3)50-37)41(10)53(48,49)29-17-16-27-14-12-13-15-28(27)19-29/h12-17,19,22-26,30-35,37,42-44,46-47H,11,18,20-21H2,1-10H3/t22-,23-,24+,25-,26-,30+,31-,32+,33-,34-,35-,37+,38-,39-/m1/s1. The second-order valence-corrected chi connectivity index (χ2v) is 18.2. The summed E-state index contributed by atoms with van der Waals surface area (Å²) in [5.74, 6) is -3.12. The molecule has 14 atom stereocenters. The van der Waals surface area contributed by atoms with E-state index in [-0.39, 0.29) is 30.1 Å². The summed E-state index contributed by atoms with van der Waals surface area (Å²) < 4.78 is 47.3. The van der Waals surface area contributed by atoms with Crippen molar-refractivity contribution in [1.29, 1.82) is 0 Å². The molecule has 0 spiro atoms. The highest BCUT2D eigenvalue weighted by Gasteiger charge is 2.50. The van der Waals surface area contributed by atoms with E-state index in [4.69, 9.17) is 14.2 Å². The molecule has 2 saturated heterocycles. The van der Waals surface area contributed by atoms with Crippen molar-refractivity contribution in [3.63, 3.8) is 0 Å². The van der Waals surface area contributed by atoms with Crippen LogP contribution in [0.1, 0.15) is 74.7 Å². The van der Waals surface area contributed by atoms with Crippen LogP contribution in [0.4, 0.5) is 0 Å². The van der Waals surface area contributed by atoms with Gasteiger partial charge >= 0.3 is 5.97 Å². The Morgan fingerprint density at radius 1 is 0.981 bits per heavy atom. The lowest BCUT2D eigenvalue weighted by molar-refractivity contribution is -0.297. The zero-order valence-electron chi connectivity index (χ0n) is 32.8. The van der Waals surface area contributed by atoms with Gasteiger partial charge in [0.25, 0.3) is 0 Å². The van der Waals surface area contributed by atoms with Gasteiger partial charge in [-0.2, -0.15) is 4.31 Å². The Labute approximate surface area is 314 Å². The average molecular weight is 767 g/mol. The van der Waals surface area contributed by atoms with Gasteiger partial charge in [0.15, 0.2) is 6.29 Å². The van der Waals surface area contributed by atoms with Crippen LogP contribution in [0.2, 0.25) is 0 Å². The summed E-state index contributed by atoms with van der Waals surface area (Å²) in [4.78, 5) is 15.4. The number of aliphatic hydroxyl groups is 5. The highest BCUT2D eigenvalue weighted by Crippen LogP contribution is 2.37.